The smallest absolute Gasteiger partial charge is 0.339 e. The molecule has 0 bridgehead atoms. The van der Waals surface area contributed by atoms with Gasteiger partial charge in [-0.25, -0.2) is 4.79 Å². The number of aliphatic hydroxyl groups is 7. The number of esters is 1. The van der Waals surface area contributed by atoms with E-state index < -0.39 is 84.8 Å². The number of methoxy groups -OCH3 is 1. The van der Waals surface area contributed by atoms with Crippen LogP contribution in [0.4, 0.5) is 0 Å². The van der Waals surface area contributed by atoms with E-state index in [9.17, 15) is 40.5 Å². The van der Waals surface area contributed by atoms with E-state index in [4.69, 9.17) is 14.2 Å². The average Bonchev–Trinajstić information content (AvgIpc) is 2.88. The highest BCUT2D eigenvalue weighted by Gasteiger charge is 2.66. The van der Waals surface area contributed by atoms with Crippen molar-refractivity contribution in [2.24, 2.45) is 11.8 Å². The highest BCUT2D eigenvalue weighted by Crippen LogP contribution is 2.50. The third-order valence-corrected chi connectivity index (χ3v) is 5.95. The molecular formula is C17H26O12. The van der Waals surface area contributed by atoms with Gasteiger partial charge in [0.15, 0.2) is 6.29 Å². The lowest BCUT2D eigenvalue weighted by Gasteiger charge is -2.45. The highest BCUT2D eigenvalue weighted by atomic mass is 16.8. The quantitative estimate of drug-likeness (QED) is 0.217. The molecule has 11 atom stereocenters. The Hall–Kier alpha value is -1.35. The lowest BCUT2D eigenvalue weighted by molar-refractivity contribution is -0.347. The Balaban J connectivity index is 1.91. The van der Waals surface area contributed by atoms with E-state index in [-0.39, 0.29) is 0 Å². The fourth-order valence-electron chi connectivity index (χ4n) is 4.22. The van der Waals surface area contributed by atoms with Crippen LogP contribution in [0.5, 0.6) is 0 Å². The normalized spacial score (nSPS) is 49.8. The van der Waals surface area contributed by atoms with Crippen molar-refractivity contribution in [1.29, 1.82) is 0 Å². The predicted molar refractivity (Wildman–Crippen MR) is 89.4 cm³/mol. The minimum atomic E-state index is -2.29. The van der Waals surface area contributed by atoms with Gasteiger partial charge in [0.05, 0.1) is 25.7 Å². The molecule has 3 rings (SSSR count). The molecule has 0 spiro atoms. The van der Waals surface area contributed by atoms with Gasteiger partial charge >= 0.3 is 5.97 Å². The predicted octanol–water partition coefficient (Wildman–Crippen LogP) is -4.07. The Morgan fingerprint density at radius 3 is 2.34 bits per heavy atom. The highest BCUT2D eigenvalue weighted by molar-refractivity contribution is 5.91. The maximum absolute atomic E-state index is 12.1. The number of carbonyl (C=O) groups excluding carboxylic acids is 1. The topological polar surface area (TPSA) is 196 Å². The summed E-state index contributed by atoms with van der Waals surface area (Å²) in [5.41, 5.74) is -2.71. The number of fused-ring (bicyclic) bond motifs is 1. The summed E-state index contributed by atoms with van der Waals surface area (Å²) in [6, 6.07) is 0. The Kier molecular flexibility index (Phi) is 6.21. The van der Waals surface area contributed by atoms with Crippen LogP contribution in [-0.4, -0.2) is 110 Å². The van der Waals surface area contributed by atoms with Crippen molar-refractivity contribution >= 4 is 5.97 Å². The molecule has 3 aliphatic rings. The van der Waals surface area contributed by atoms with Gasteiger partial charge in [0.2, 0.25) is 6.29 Å². The molecule has 0 aromatic rings. The van der Waals surface area contributed by atoms with Crippen molar-refractivity contribution in [3.05, 3.63) is 11.8 Å². The summed E-state index contributed by atoms with van der Waals surface area (Å²) in [6.07, 6.45) is -11.7. The lowest BCUT2D eigenvalue weighted by atomic mass is 9.78. The molecule has 29 heavy (non-hydrogen) atoms. The molecule has 0 unspecified atom stereocenters. The summed E-state index contributed by atoms with van der Waals surface area (Å²) in [6.45, 7) is 0.813. The zero-order valence-electron chi connectivity index (χ0n) is 15.7. The van der Waals surface area contributed by atoms with Crippen molar-refractivity contribution in [2.75, 3.05) is 13.7 Å². The molecule has 7 N–H and O–H groups in total. The second kappa shape index (κ2) is 8.06. The van der Waals surface area contributed by atoms with E-state index in [2.05, 4.69) is 4.74 Å². The van der Waals surface area contributed by atoms with E-state index in [1.807, 2.05) is 0 Å². The van der Waals surface area contributed by atoms with Crippen LogP contribution in [0, 0.1) is 11.8 Å². The fraction of sp³-hybridized carbons (Fsp3) is 0.824. The van der Waals surface area contributed by atoms with Crippen LogP contribution in [0.1, 0.15) is 6.92 Å². The van der Waals surface area contributed by atoms with Crippen molar-refractivity contribution in [1.82, 2.24) is 0 Å². The Bertz CT molecular complexity index is 652. The minimum Gasteiger partial charge on any atom is -0.471 e. The number of aliphatic hydroxyl groups excluding tert-OH is 6. The third-order valence-electron chi connectivity index (χ3n) is 5.95. The lowest BCUT2D eigenvalue weighted by Crippen LogP contribution is -2.61. The molecule has 1 aliphatic carbocycles. The number of ether oxygens (including phenoxy) is 4. The summed E-state index contributed by atoms with van der Waals surface area (Å²) in [5.74, 6) is -3.01. The summed E-state index contributed by atoms with van der Waals surface area (Å²) in [4.78, 5) is 12.1. The second-order valence-corrected chi connectivity index (χ2v) is 7.51. The van der Waals surface area contributed by atoms with E-state index in [1.54, 1.807) is 0 Å². The number of hydrogen-bond acceptors (Lipinski definition) is 12. The monoisotopic (exact) mass is 422 g/mol. The molecule has 1 saturated heterocycles. The Morgan fingerprint density at radius 1 is 1.10 bits per heavy atom. The van der Waals surface area contributed by atoms with Crippen molar-refractivity contribution in [3.63, 3.8) is 0 Å². The molecule has 166 valence electrons. The van der Waals surface area contributed by atoms with E-state index in [0.29, 0.717) is 0 Å². The molecule has 0 aromatic carbocycles. The van der Waals surface area contributed by atoms with Gasteiger partial charge in [-0.1, -0.05) is 6.92 Å². The molecule has 2 aliphatic heterocycles. The van der Waals surface area contributed by atoms with Gasteiger partial charge < -0.3 is 54.7 Å². The molecule has 0 aromatic heterocycles. The largest absolute Gasteiger partial charge is 0.471 e. The van der Waals surface area contributed by atoms with Crippen molar-refractivity contribution < 1.29 is 59.5 Å². The first-order chi connectivity index (χ1) is 13.6. The molecular weight excluding hydrogens is 396 g/mol. The number of carbonyl (C=O) groups is 1. The Morgan fingerprint density at radius 2 is 1.76 bits per heavy atom. The molecule has 12 heteroatoms. The standard InChI is InChI=1S/C17H26O12/c1-5-8-15(29-16-12(22)11(21)10(20)7(3-18)28-16)27-4-6(14(24)26-2)17(8,25)13(23)9(5)19/h4-5,7-13,15-16,18-23,25H,3H2,1-2H3/t5-,7-,8-,9+,10-,11+,12-,13+,15-,16+,17-/m0/s1. The number of hydrogen-bond donors (Lipinski definition) is 7. The zero-order chi connectivity index (χ0) is 21.7. The summed E-state index contributed by atoms with van der Waals surface area (Å²) in [7, 11) is 1.07. The van der Waals surface area contributed by atoms with E-state index in [1.165, 1.54) is 6.92 Å². The minimum absolute atomic E-state index is 0.422. The Labute approximate surface area is 165 Å². The van der Waals surface area contributed by atoms with Gasteiger partial charge in [0.1, 0.15) is 48.0 Å². The van der Waals surface area contributed by atoms with Gasteiger partial charge in [-0.05, 0) is 5.92 Å². The molecule has 2 heterocycles. The fourth-order valence-corrected chi connectivity index (χ4v) is 4.22. The van der Waals surface area contributed by atoms with Gasteiger partial charge in [0, 0.05) is 0 Å². The van der Waals surface area contributed by atoms with E-state index >= 15 is 0 Å². The first kappa shape index (κ1) is 22.3. The first-order valence-electron chi connectivity index (χ1n) is 9.08. The summed E-state index contributed by atoms with van der Waals surface area (Å²) in [5, 5.41) is 71.1. The van der Waals surface area contributed by atoms with Crippen LogP contribution >= 0.6 is 0 Å². The molecule has 0 amide bonds. The van der Waals surface area contributed by atoms with Crippen LogP contribution in [0.3, 0.4) is 0 Å². The SMILES string of the molecule is COC(=O)C1=CO[C@@H](O[C@H]2O[C@@H](CO)[C@H](O)[C@@H](O)[C@@H]2O)[C@@H]2[C@H](C)[C@@H](O)[C@@H](O)[C@]12O. The van der Waals surface area contributed by atoms with Crippen molar-refractivity contribution in [3.8, 4) is 0 Å². The molecule has 2 fully saturated rings. The molecule has 1 saturated carbocycles. The number of rotatable bonds is 4. The molecule has 0 radical (unpaired) electrons. The second-order valence-electron chi connectivity index (χ2n) is 7.51. The van der Waals surface area contributed by atoms with Crippen LogP contribution in [-0.2, 0) is 23.7 Å². The maximum atomic E-state index is 12.1. The van der Waals surface area contributed by atoms with Gasteiger partial charge in [-0.2, -0.15) is 0 Å². The van der Waals surface area contributed by atoms with Crippen LogP contribution < -0.4 is 0 Å². The van der Waals surface area contributed by atoms with Gasteiger partial charge in [0.25, 0.3) is 0 Å². The van der Waals surface area contributed by atoms with Crippen LogP contribution in [0.15, 0.2) is 11.8 Å². The van der Waals surface area contributed by atoms with Crippen LogP contribution in [0.25, 0.3) is 0 Å². The van der Waals surface area contributed by atoms with Crippen LogP contribution in [0.2, 0.25) is 0 Å². The maximum Gasteiger partial charge on any atom is 0.339 e. The summed E-state index contributed by atoms with van der Waals surface area (Å²) >= 11 is 0. The third kappa shape index (κ3) is 3.34. The van der Waals surface area contributed by atoms with Crippen molar-refractivity contribution in [2.45, 2.75) is 61.7 Å². The zero-order valence-corrected chi connectivity index (χ0v) is 15.7. The van der Waals surface area contributed by atoms with E-state index in [0.717, 1.165) is 13.4 Å². The first-order valence-corrected chi connectivity index (χ1v) is 9.08. The molecule has 12 nitrogen and oxygen atoms in total. The average molecular weight is 422 g/mol. The van der Waals surface area contributed by atoms with Gasteiger partial charge in [-0.15, -0.1) is 0 Å². The summed E-state index contributed by atoms with van der Waals surface area (Å²) < 4.78 is 20.8. The van der Waals surface area contributed by atoms with Gasteiger partial charge in [-0.3, -0.25) is 0 Å².